The van der Waals surface area contributed by atoms with Crippen molar-refractivity contribution >= 4 is 33.3 Å². The smallest absolute Gasteiger partial charge is 0.398 e. The average Bonchev–Trinajstić information content (AvgIpc) is 3.30. The minimum absolute atomic E-state index is 0.147. The van der Waals surface area contributed by atoms with Crippen LogP contribution in [0.2, 0.25) is 5.02 Å². The zero-order chi connectivity index (χ0) is 28.7. The van der Waals surface area contributed by atoms with Gasteiger partial charge in [-0.25, -0.2) is 17.6 Å². The molecule has 0 bridgehead atoms. The summed E-state index contributed by atoms with van der Waals surface area (Å²) < 4.78 is 78.2. The van der Waals surface area contributed by atoms with Crippen LogP contribution in [0, 0.1) is 5.82 Å². The Bertz CT molecular complexity index is 1340. The number of rotatable bonds is 5. The van der Waals surface area contributed by atoms with Crippen molar-refractivity contribution in [3.8, 4) is 0 Å². The number of likely N-dealkylation sites (N-methyl/N-ethyl adjacent to an activating group) is 1. The van der Waals surface area contributed by atoms with E-state index in [0.717, 1.165) is 24.0 Å². The van der Waals surface area contributed by atoms with Crippen LogP contribution in [0.25, 0.3) is 0 Å². The number of amides is 2. The van der Waals surface area contributed by atoms with Gasteiger partial charge in [0.1, 0.15) is 5.82 Å². The zero-order valence-electron chi connectivity index (χ0n) is 21.5. The number of nitrogen functional groups attached to an aromatic ring is 1. The number of hydrogen-bond donors (Lipinski definition) is 1. The molecule has 39 heavy (non-hydrogen) atoms. The fourth-order valence-corrected chi connectivity index (χ4v) is 6.21. The molecule has 14 heteroatoms. The van der Waals surface area contributed by atoms with Crippen molar-refractivity contribution in [3.05, 3.63) is 63.9 Å². The van der Waals surface area contributed by atoms with E-state index in [1.807, 2.05) is 11.0 Å². The monoisotopic (exact) mass is 591 g/mol. The third-order valence-corrected chi connectivity index (χ3v) is 8.96. The lowest BCUT2D eigenvalue weighted by atomic mass is 9.93. The van der Waals surface area contributed by atoms with E-state index < -0.39 is 27.6 Å². The van der Waals surface area contributed by atoms with Crippen molar-refractivity contribution in [1.82, 2.24) is 19.0 Å². The maximum Gasteiger partial charge on any atom is 0.419 e. The predicted octanol–water partition coefficient (Wildman–Crippen LogP) is 3.68. The highest BCUT2D eigenvalue weighted by Gasteiger charge is 2.41. The Kier molecular flexibility index (Phi) is 8.36. The summed E-state index contributed by atoms with van der Waals surface area (Å²) in [5, 5.41) is 0.361. The van der Waals surface area contributed by atoms with Crippen LogP contribution in [-0.4, -0.2) is 92.1 Å². The molecule has 2 aromatic carbocycles. The zero-order valence-corrected chi connectivity index (χ0v) is 23.0. The molecule has 0 aliphatic carbocycles. The highest BCUT2D eigenvalue weighted by molar-refractivity contribution is 7.88. The minimum atomic E-state index is -4.78. The number of urea groups is 1. The van der Waals surface area contributed by atoms with Crippen LogP contribution in [0.5, 0.6) is 0 Å². The number of hydrogen-bond acceptors (Lipinski definition) is 5. The van der Waals surface area contributed by atoms with Gasteiger partial charge in [-0.1, -0.05) is 23.7 Å². The van der Waals surface area contributed by atoms with Crippen LogP contribution in [0.1, 0.15) is 22.6 Å². The molecule has 0 unspecified atom stereocenters. The van der Waals surface area contributed by atoms with Crippen LogP contribution >= 0.6 is 11.6 Å². The van der Waals surface area contributed by atoms with Crippen molar-refractivity contribution in [2.75, 3.05) is 58.3 Å². The molecule has 2 atom stereocenters. The lowest BCUT2D eigenvalue weighted by Crippen LogP contribution is -2.53. The average molecular weight is 592 g/mol. The number of carbonyl (C=O) groups is 1. The molecule has 0 saturated carbocycles. The molecule has 0 aromatic heterocycles. The number of likely N-dealkylation sites (tertiary alicyclic amines) is 1. The molecule has 2 amide bonds. The van der Waals surface area contributed by atoms with Gasteiger partial charge in [-0.3, -0.25) is 4.90 Å². The van der Waals surface area contributed by atoms with E-state index in [1.165, 1.54) is 10.4 Å². The number of carbonyl (C=O) groups excluding carboxylic acids is 1. The summed E-state index contributed by atoms with van der Waals surface area (Å²) in [4.78, 5) is 18.6. The Labute approximate surface area is 229 Å². The molecule has 214 valence electrons. The topological polar surface area (TPSA) is 90.2 Å². The van der Waals surface area contributed by atoms with Gasteiger partial charge in [-0.2, -0.15) is 17.5 Å². The van der Waals surface area contributed by atoms with Gasteiger partial charge < -0.3 is 15.5 Å². The van der Waals surface area contributed by atoms with E-state index >= 15 is 0 Å². The van der Waals surface area contributed by atoms with Crippen molar-refractivity contribution in [1.29, 1.82) is 0 Å². The first kappa shape index (κ1) is 29.4. The molecule has 0 spiro atoms. The van der Waals surface area contributed by atoms with E-state index in [0.29, 0.717) is 29.4 Å². The summed E-state index contributed by atoms with van der Waals surface area (Å²) in [5.74, 6) is -1.56. The van der Waals surface area contributed by atoms with Gasteiger partial charge in [0, 0.05) is 57.8 Å². The molecule has 2 N–H and O–H groups in total. The number of nitrogens with zero attached hydrogens (tertiary/aromatic N) is 4. The minimum Gasteiger partial charge on any atom is -0.398 e. The summed E-state index contributed by atoms with van der Waals surface area (Å²) in [6.45, 7) is 1.71. The van der Waals surface area contributed by atoms with Gasteiger partial charge in [0.2, 0.25) is 10.0 Å². The Morgan fingerprint density at radius 1 is 1.08 bits per heavy atom. The van der Waals surface area contributed by atoms with Crippen LogP contribution in [-0.2, 0) is 22.7 Å². The molecule has 2 fully saturated rings. The molecular weight excluding hydrogens is 562 g/mol. The quantitative estimate of drug-likeness (QED) is 0.423. The van der Waals surface area contributed by atoms with Crippen LogP contribution in [0.15, 0.2) is 36.4 Å². The Morgan fingerprint density at radius 2 is 1.74 bits per heavy atom. The third kappa shape index (κ3) is 6.59. The molecule has 2 heterocycles. The van der Waals surface area contributed by atoms with Gasteiger partial charge in [0.15, 0.2) is 0 Å². The van der Waals surface area contributed by atoms with Gasteiger partial charge >= 0.3 is 12.2 Å². The second-order valence-electron chi connectivity index (χ2n) is 10.0. The van der Waals surface area contributed by atoms with Crippen molar-refractivity contribution in [2.45, 2.75) is 24.7 Å². The van der Waals surface area contributed by atoms with E-state index in [-0.39, 0.29) is 50.7 Å². The standard InChI is InChI=1S/C25H30ClF4N5O3S/c1-32(13-16-3-5-19(21(27)11-16)25(28,29)30)23-15-34(14-18(23)17-4-6-22(31)20(26)12-17)24(36)33-7-9-35(10-8-33)39(2,37)38/h3-6,11-12,18,23H,7-10,13-15,31H2,1-2H3/t18-,23+/m1/s1. The maximum atomic E-state index is 14.2. The van der Waals surface area contributed by atoms with Gasteiger partial charge in [0.25, 0.3) is 0 Å². The molecule has 2 saturated heterocycles. The summed E-state index contributed by atoms with van der Waals surface area (Å²) >= 11 is 6.27. The molecule has 4 rings (SSSR count). The highest BCUT2D eigenvalue weighted by Crippen LogP contribution is 2.36. The summed E-state index contributed by atoms with van der Waals surface area (Å²) in [6.07, 6.45) is -3.65. The van der Waals surface area contributed by atoms with E-state index in [9.17, 15) is 30.8 Å². The fraction of sp³-hybridized carbons (Fsp3) is 0.480. The van der Waals surface area contributed by atoms with E-state index in [1.54, 1.807) is 29.0 Å². The normalized spacial score (nSPS) is 21.1. The van der Waals surface area contributed by atoms with Gasteiger partial charge in [-0.15, -0.1) is 0 Å². The first-order chi connectivity index (χ1) is 18.1. The molecule has 2 aliphatic rings. The molecule has 8 nitrogen and oxygen atoms in total. The fourth-order valence-electron chi connectivity index (χ4n) is 5.19. The number of piperazine rings is 1. The lowest BCUT2D eigenvalue weighted by Gasteiger charge is -2.35. The van der Waals surface area contributed by atoms with Crippen molar-refractivity contribution < 1.29 is 30.8 Å². The molecule has 2 aliphatic heterocycles. The van der Waals surface area contributed by atoms with Gasteiger partial charge in [-0.05, 0) is 42.4 Å². The predicted molar refractivity (Wildman–Crippen MR) is 140 cm³/mol. The number of alkyl halides is 3. The van der Waals surface area contributed by atoms with Crippen molar-refractivity contribution in [2.24, 2.45) is 0 Å². The summed E-state index contributed by atoms with van der Waals surface area (Å²) in [5.41, 5.74) is 6.16. The number of anilines is 1. The number of nitrogens with two attached hydrogens (primary N) is 1. The Hall–Kier alpha value is -2.61. The number of halogens is 5. The Balaban J connectivity index is 1.54. The maximum absolute atomic E-state index is 14.2. The SMILES string of the molecule is CN(Cc1ccc(C(F)(F)F)c(F)c1)[C@H]1CN(C(=O)N2CCN(S(C)(=O)=O)CC2)C[C@@H]1c1ccc(N)c(Cl)c1. The largest absolute Gasteiger partial charge is 0.419 e. The third-order valence-electron chi connectivity index (χ3n) is 7.33. The second-order valence-corrected chi connectivity index (χ2v) is 12.4. The number of benzene rings is 2. The van der Waals surface area contributed by atoms with E-state index in [4.69, 9.17) is 17.3 Å². The van der Waals surface area contributed by atoms with E-state index in [2.05, 4.69) is 0 Å². The van der Waals surface area contributed by atoms with Crippen molar-refractivity contribution in [3.63, 3.8) is 0 Å². The first-order valence-electron chi connectivity index (χ1n) is 12.2. The Morgan fingerprint density at radius 3 is 2.31 bits per heavy atom. The van der Waals surface area contributed by atoms with Crippen LogP contribution < -0.4 is 5.73 Å². The number of sulfonamides is 1. The molecule has 2 aromatic rings. The molecular formula is C25H30ClF4N5O3S. The van der Waals surface area contributed by atoms with Gasteiger partial charge in [0.05, 0.1) is 22.5 Å². The lowest BCUT2D eigenvalue weighted by molar-refractivity contribution is -0.140. The summed E-state index contributed by atoms with van der Waals surface area (Å²) in [6, 6.07) is 7.60. The second kappa shape index (κ2) is 11.1. The highest BCUT2D eigenvalue weighted by atomic mass is 35.5. The van der Waals surface area contributed by atoms with Crippen LogP contribution in [0.3, 0.4) is 0 Å². The summed E-state index contributed by atoms with van der Waals surface area (Å²) in [7, 11) is -1.58. The molecule has 0 radical (unpaired) electrons. The first-order valence-corrected chi connectivity index (χ1v) is 14.5. The van der Waals surface area contributed by atoms with Crippen LogP contribution in [0.4, 0.5) is 28.0 Å².